The van der Waals surface area contributed by atoms with E-state index in [9.17, 15) is 20.0 Å². The van der Waals surface area contributed by atoms with E-state index in [1.165, 1.54) is 22.9 Å². The van der Waals surface area contributed by atoms with Gasteiger partial charge in [0.1, 0.15) is 0 Å². The quantitative estimate of drug-likeness (QED) is 0.594. The second kappa shape index (κ2) is 7.69. The molecule has 0 saturated carbocycles. The first-order valence-electron chi connectivity index (χ1n) is 7.69. The van der Waals surface area contributed by atoms with E-state index in [2.05, 4.69) is 10.4 Å². The summed E-state index contributed by atoms with van der Waals surface area (Å²) in [4.78, 5) is 22.4. The standard InChI is InChI=1S/C16H20N4O4/c1-3-11(2)15(21)10-17-16(22)14-7-8-19(18-14)12-5-4-6-13(9-12)20(23)24/h4-9,11,15,21H,3,10H2,1-2H3,(H,17,22). The van der Waals surface area contributed by atoms with E-state index in [-0.39, 0.29) is 23.8 Å². The van der Waals surface area contributed by atoms with Gasteiger partial charge in [-0.15, -0.1) is 0 Å². The molecule has 0 spiro atoms. The zero-order chi connectivity index (χ0) is 17.7. The molecule has 1 aromatic carbocycles. The zero-order valence-electron chi connectivity index (χ0n) is 13.5. The highest BCUT2D eigenvalue weighted by molar-refractivity contribution is 5.92. The van der Waals surface area contributed by atoms with E-state index in [1.54, 1.807) is 18.3 Å². The summed E-state index contributed by atoms with van der Waals surface area (Å²) < 4.78 is 1.40. The number of amides is 1. The molecule has 2 atom stereocenters. The SMILES string of the molecule is CCC(C)C(O)CNC(=O)c1ccn(-c2cccc([N+](=O)[O-])c2)n1. The molecular weight excluding hydrogens is 312 g/mol. The number of benzene rings is 1. The first-order valence-corrected chi connectivity index (χ1v) is 7.69. The molecule has 1 aromatic heterocycles. The number of hydrogen-bond donors (Lipinski definition) is 2. The van der Waals surface area contributed by atoms with Crippen molar-refractivity contribution in [1.29, 1.82) is 0 Å². The number of aliphatic hydroxyl groups excluding tert-OH is 1. The average Bonchev–Trinajstić information content (AvgIpc) is 3.08. The molecule has 0 aliphatic carbocycles. The van der Waals surface area contributed by atoms with Crippen LogP contribution in [0.15, 0.2) is 36.5 Å². The number of hydrogen-bond acceptors (Lipinski definition) is 5. The number of nitrogens with one attached hydrogen (secondary N) is 1. The minimum absolute atomic E-state index is 0.0503. The number of non-ortho nitro benzene ring substituents is 1. The normalized spacial score (nSPS) is 13.3. The molecule has 1 amide bonds. The van der Waals surface area contributed by atoms with Crippen molar-refractivity contribution in [3.05, 3.63) is 52.3 Å². The molecule has 128 valence electrons. The van der Waals surface area contributed by atoms with Crippen LogP contribution in [0.4, 0.5) is 5.69 Å². The Hall–Kier alpha value is -2.74. The van der Waals surface area contributed by atoms with E-state index in [4.69, 9.17) is 0 Å². The van der Waals surface area contributed by atoms with Crippen LogP contribution in [-0.2, 0) is 0 Å². The molecule has 1 heterocycles. The third kappa shape index (κ3) is 4.17. The number of nitro groups is 1. The molecule has 8 heteroatoms. The Morgan fingerprint density at radius 2 is 2.21 bits per heavy atom. The molecule has 0 bridgehead atoms. The number of aliphatic hydroxyl groups is 1. The van der Waals surface area contributed by atoms with Gasteiger partial charge in [0.25, 0.3) is 11.6 Å². The fourth-order valence-electron chi connectivity index (χ4n) is 2.10. The second-order valence-corrected chi connectivity index (χ2v) is 5.59. The Morgan fingerprint density at radius 1 is 1.46 bits per heavy atom. The lowest BCUT2D eigenvalue weighted by Gasteiger charge is -2.17. The van der Waals surface area contributed by atoms with Crippen molar-refractivity contribution in [2.24, 2.45) is 5.92 Å². The van der Waals surface area contributed by atoms with Crippen LogP contribution in [0.2, 0.25) is 0 Å². The van der Waals surface area contributed by atoms with Gasteiger partial charge in [-0.1, -0.05) is 26.3 Å². The van der Waals surface area contributed by atoms with Crippen molar-refractivity contribution in [2.75, 3.05) is 6.54 Å². The summed E-state index contributed by atoms with van der Waals surface area (Å²) in [6.07, 6.45) is 1.76. The van der Waals surface area contributed by atoms with E-state index < -0.39 is 16.9 Å². The number of nitrogens with zero attached hydrogens (tertiary/aromatic N) is 3. The maximum absolute atomic E-state index is 12.1. The number of rotatable bonds is 7. The highest BCUT2D eigenvalue weighted by Gasteiger charge is 2.16. The number of nitro benzene ring substituents is 1. The molecule has 0 fully saturated rings. The fraction of sp³-hybridized carbons (Fsp3) is 0.375. The summed E-state index contributed by atoms with van der Waals surface area (Å²) in [7, 11) is 0. The monoisotopic (exact) mass is 332 g/mol. The topological polar surface area (TPSA) is 110 Å². The predicted octanol–water partition coefficient (Wildman–Crippen LogP) is 1.92. The third-order valence-corrected chi connectivity index (χ3v) is 3.90. The summed E-state index contributed by atoms with van der Waals surface area (Å²) in [6, 6.07) is 7.49. The summed E-state index contributed by atoms with van der Waals surface area (Å²) in [5.41, 5.74) is 0.617. The largest absolute Gasteiger partial charge is 0.391 e. The smallest absolute Gasteiger partial charge is 0.271 e. The van der Waals surface area contributed by atoms with Gasteiger partial charge in [-0.3, -0.25) is 14.9 Å². The highest BCUT2D eigenvalue weighted by Crippen LogP contribution is 2.16. The molecule has 0 aliphatic rings. The Bertz CT molecular complexity index is 728. The molecule has 2 rings (SSSR count). The first-order chi connectivity index (χ1) is 11.4. The average molecular weight is 332 g/mol. The second-order valence-electron chi connectivity index (χ2n) is 5.59. The fourth-order valence-corrected chi connectivity index (χ4v) is 2.10. The minimum Gasteiger partial charge on any atom is -0.391 e. The Balaban J connectivity index is 2.06. The van der Waals surface area contributed by atoms with Crippen molar-refractivity contribution in [2.45, 2.75) is 26.4 Å². The van der Waals surface area contributed by atoms with Crippen molar-refractivity contribution in [3.8, 4) is 5.69 Å². The van der Waals surface area contributed by atoms with E-state index >= 15 is 0 Å². The van der Waals surface area contributed by atoms with Crippen LogP contribution in [0, 0.1) is 16.0 Å². The van der Waals surface area contributed by atoms with Gasteiger partial charge < -0.3 is 10.4 Å². The summed E-state index contributed by atoms with van der Waals surface area (Å²) in [5.74, 6) is -0.311. The molecule has 2 aromatic rings. The molecule has 0 aliphatic heterocycles. The summed E-state index contributed by atoms with van der Waals surface area (Å²) >= 11 is 0. The van der Waals surface area contributed by atoms with Crippen LogP contribution < -0.4 is 5.32 Å². The molecular formula is C16H20N4O4. The van der Waals surface area contributed by atoms with Crippen LogP contribution in [0.3, 0.4) is 0 Å². The molecule has 2 unspecified atom stereocenters. The van der Waals surface area contributed by atoms with Gasteiger partial charge in [-0.25, -0.2) is 4.68 Å². The van der Waals surface area contributed by atoms with Crippen molar-refractivity contribution in [1.82, 2.24) is 15.1 Å². The molecule has 24 heavy (non-hydrogen) atoms. The maximum atomic E-state index is 12.1. The highest BCUT2D eigenvalue weighted by atomic mass is 16.6. The predicted molar refractivity (Wildman–Crippen MR) is 88.0 cm³/mol. The lowest BCUT2D eigenvalue weighted by molar-refractivity contribution is -0.384. The third-order valence-electron chi connectivity index (χ3n) is 3.90. The van der Waals surface area contributed by atoms with Gasteiger partial charge in [-0.2, -0.15) is 5.10 Å². The summed E-state index contributed by atoms with van der Waals surface area (Å²) in [5, 5.41) is 27.4. The molecule has 8 nitrogen and oxygen atoms in total. The molecule has 2 N–H and O–H groups in total. The van der Waals surface area contributed by atoms with Gasteiger partial charge >= 0.3 is 0 Å². The van der Waals surface area contributed by atoms with Crippen molar-refractivity contribution in [3.63, 3.8) is 0 Å². The lowest BCUT2D eigenvalue weighted by atomic mass is 10.0. The Labute approximate surface area is 139 Å². The van der Waals surface area contributed by atoms with E-state index in [0.29, 0.717) is 5.69 Å². The number of carbonyl (C=O) groups is 1. The van der Waals surface area contributed by atoms with E-state index in [0.717, 1.165) is 6.42 Å². The van der Waals surface area contributed by atoms with Gasteiger partial charge in [0.05, 0.1) is 16.7 Å². The minimum atomic E-state index is -0.613. The van der Waals surface area contributed by atoms with Gasteiger partial charge in [0, 0.05) is 24.9 Å². The lowest BCUT2D eigenvalue weighted by Crippen LogP contribution is -2.35. The van der Waals surface area contributed by atoms with Crippen molar-refractivity contribution >= 4 is 11.6 Å². The first kappa shape index (κ1) is 17.6. The number of carbonyl (C=O) groups excluding carboxylic acids is 1. The molecule has 0 radical (unpaired) electrons. The van der Waals surface area contributed by atoms with Crippen LogP contribution >= 0.6 is 0 Å². The van der Waals surface area contributed by atoms with Gasteiger partial charge in [-0.05, 0) is 18.1 Å². The van der Waals surface area contributed by atoms with Crippen molar-refractivity contribution < 1.29 is 14.8 Å². The van der Waals surface area contributed by atoms with E-state index in [1.807, 2.05) is 13.8 Å². The maximum Gasteiger partial charge on any atom is 0.271 e. The van der Waals surface area contributed by atoms with Crippen LogP contribution in [-0.4, -0.2) is 38.4 Å². The van der Waals surface area contributed by atoms with Crippen LogP contribution in [0.25, 0.3) is 5.69 Å². The van der Waals surface area contributed by atoms with Gasteiger partial charge in [0.2, 0.25) is 0 Å². The van der Waals surface area contributed by atoms with Gasteiger partial charge in [0.15, 0.2) is 5.69 Å². The number of aromatic nitrogens is 2. The van der Waals surface area contributed by atoms with Crippen LogP contribution in [0.1, 0.15) is 30.8 Å². The Morgan fingerprint density at radius 3 is 2.88 bits per heavy atom. The summed E-state index contributed by atoms with van der Waals surface area (Å²) in [6.45, 7) is 4.03. The zero-order valence-corrected chi connectivity index (χ0v) is 13.5. The Kier molecular flexibility index (Phi) is 5.64. The molecule has 0 saturated heterocycles. The van der Waals surface area contributed by atoms with Crippen LogP contribution in [0.5, 0.6) is 0 Å².